The van der Waals surface area contributed by atoms with E-state index in [1.165, 1.54) is 4.68 Å². The number of anilines is 1. The number of hydrogen-bond donors (Lipinski definition) is 1. The van der Waals surface area contributed by atoms with E-state index < -0.39 is 0 Å². The summed E-state index contributed by atoms with van der Waals surface area (Å²) in [4.78, 5) is 25.2. The number of carbonyl (C=O) groups excluding carboxylic acids is 1. The van der Waals surface area contributed by atoms with Crippen LogP contribution in [0.25, 0.3) is 0 Å². The number of aryl methyl sites for hydroxylation is 1. The molecule has 0 saturated heterocycles. The molecule has 0 aliphatic carbocycles. The number of carbonyl (C=O) groups is 1. The Labute approximate surface area is 168 Å². The molecule has 150 valence electrons. The molecular formula is C22H23N3O4. The van der Waals surface area contributed by atoms with Crippen molar-refractivity contribution in [2.75, 3.05) is 19.5 Å². The first-order valence-electron chi connectivity index (χ1n) is 9.13. The number of methoxy groups -OCH3 is 2. The van der Waals surface area contributed by atoms with E-state index in [0.717, 1.165) is 11.3 Å². The van der Waals surface area contributed by atoms with Crippen LogP contribution in [0.3, 0.4) is 0 Å². The fraction of sp³-hybridized carbons (Fsp3) is 0.227. The van der Waals surface area contributed by atoms with E-state index in [1.807, 2.05) is 24.3 Å². The number of ether oxygens (including phenoxy) is 2. The molecule has 1 N–H and O–H groups in total. The van der Waals surface area contributed by atoms with Crippen molar-refractivity contribution in [2.24, 2.45) is 0 Å². The molecule has 0 aliphatic heterocycles. The van der Waals surface area contributed by atoms with Crippen molar-refractivity contribution in [3.05, 3.63) is 81.8 Å². The maximum Gasteiger partial charge on any atom is 0.270 e. The van der Waals surface area contributed by atoms with Gasteiger partial charge in [0, 0.05) is 17.7 Å². The third kappa shape index (κ3) is 5.22. The van der Waals surface area contributed by atoms with Gasteiger partial charge >= 0.3 is 0 Å². The van der Waals surface area contributed by atoms with Crippen molar-refractivity contribution < 1.29 is 14.3 Å². The Morgan fingerprint density at radius 1 is 1.03 bits per heavy atom. The van der Waals surface area contributed by atoms with Crippen molar-refractivity contribution in [1.82, 2.24) is 9.78 Å². The lowest BCUT2D eigenvalue weighted by molar-refractivity contribution is -0.117. The number of amides is 1. The Bertz CT molecular complexity index is 1060. The molecule has 0 spiro atoms. The lowest BCUT2D eigenvalue weighted by atomic mass is 10.1. The van der Waals surface area contributed by atoms with Crippen molar-refractivity contribution in [2.45, 2.75) is 19.9 Å². The normalized spacial score (nSPS) is 10.4. The van der Waals surface area contributed by atoms with E-state index >= 15 is 0 Å². The van der Waals surface area contributed by atoms with E-state index in [2.05, 4.69) is 10.4 Å². The average molecular weight is 393 g/mol. The lowest BCUT2D eigenvalue weighted by Gasteiger charge is -2.10. The summed E-state index contributed by atoms with van der Waals surface area (Å²) in [6.07, 6.45) is 0.430. The molecule has 29 heavy (non-hydrogen) atoms. The van der Waals surface area contributed by atoms with Gasteiger partial charge in [-0.25, -0.2) is 4.68 Å². The molecular weight excluding hydrogens is 370 g/mol. The predicted octanol–water partition coefficient (Wildman–Crippen LogP) is 2.80. The Kier molecular flexibility index (Phi) is 6.29. The van der Waals surface area contributed by atoms with E-state index in [4.69, 9.17) is 9.47 Å². The minimum absolute atomic E-state index is 0.169. The summed E-state index contributed by atoms with van der Waals surface area (Å²) >= 11 is 0. The van der Waals surface area contributed by atoms with Crippen molar-refractivity contribution in [3.8, 4) is 11.5 Å². The van der Waals surface area contributed by atoms with Gasteiger partial charge in [-0.15, -0.1) is 0 Å². The zero-order valence-electron chi connectivity index (χ0n) is 16.6. The van der Waals surface area contributed by atoms with Gasteiger partial charge in [-0.3, -0.25) is 9.59 Å². The van der Waals surface area contributed by atoms with Crippen LogP contribution >= 0.6 is 0 Å². The van der Waals surface area contributed by atoms with Crippen LogP contribution in [-0.4, -0.2) is 29.9 Å². The van der Waals surface area contributed by atoms with E-state index in [1.54, 1.807) is 51.5 Å². The molecule has 0 aliphatic rings. The zero-order valence-corrected chi connectivity index (χ0v) is 16.6. The van der Waals surface area contributed by atoms with Crippen LogP contribution in [0.1, 0.15) is 16.8 Å². The zero-order chi connectivity index (χ0) is 20.8. The molecule has 2 aromatic carbocycles. The van der Waals surface area contributed by atoms with Crippen LogP contribution in [0.5, 0.6) is 11.5 Å². The van der Waals surface area contributed by atoms with Gasteiger partial charge in [0.2, 0.25) is 5.91 Å². The first kappa shape index (κ1) is 20.1. The maximum atomic E-state index is 12.8. The fourth-order valence-electron chi connectivity index (χ4n) is 2.99. The second-order valence-electron chi connectivity index (χ2n) is 6.58. The molecule has 0 saturated carbocycles. The van der Waals surface area contributed by atoms with Crippen molar-refractivity contribution in [3.63, 3.8) is 0 Å². The standard InChI is InChI=1S/C22H23N3O4/c1-15-11-17(12-16-5-4-6-20(13-16)29-3)22(27)25(24-15)14-21(26)23-18-7-9-19(28-2)10-8-18/h4-11,13H,12,14H2,1-3H3,(H,23,26). The van der Waals surface area contributed by atoms with Gasteiger partial charge in [0.05, 0.1) is 19.9 Å². The van der Waals surface area contributed by atoms with E-state index in [9.17, 15) is 9.59 Å². The number of rotatable bonds is 7. The third-order valence-electron chi connectivity index (χ3n) is 4.37. The Balaban J connectivity index is 1.76. The highest BCUT2D eigenvalue weighted by Gasteiger charge is 2.12. The molecule has 7 heteroatoms. The molecule has 3 aromatic rings. The summed E-state index contributed by atoms with van der Waals surface area (Å²) in [6, 6.07) is 16.3. The molecule has 0 atom stereocenters. The van der Waals surface area contributed by atoms with E-state index in [-0.39, 0.29) is 18.0 Å². The summed E-state index contributed by atoms with van der Waals surface area (Å²) in [5, 5.41) is 6.98. The van der Waals surface area contributed by atoms with E-state index in [0.29, 0.717) is 29.1 Å². The number of nitrogens with zero attached hydrogens (tertiary/aromatic N) is 2. The van der Waals surface area contributed by atoms with Crippen LogP contribution < -0.4 is 20.3 Å². The number of nitrogens with one attached hydrogen (secondary N) is 1. The molecule has 0 bridgehead atoms. The average Bonchev–Trinajstić information content (AvgIpc) is 2.72. The smallest absolute Gasteiger partial charge is 0.270 e. The lowest BCUT2D eigenvalue weighted by Crippen LogP contribution is -2.32. The van der Waals surface area contributed by atoms with Gasteiger partial charge in [-0.1, -0.05) is 12.1 Å². The molecule has 0 radical (unpaired) electrons. The van der Waals surface area contributed by atoms with Gasteiger partial charge < -0.3 is 14.8 Å². The Morgan fingerprint density at radius 2 is 1.76 bits per heavy atom. The quantitative estimate of drug-likeness (QED) is 0.667. The van der Waals surface area contributed by atoms with Gasteiger partial charge in [-0.2, -0.15) is 5.10 Å². The minimum atomic E-state index is -0.331. The summed E-state index contributed by atoms with van der Waals surface area (Å²) in [5.74, 6) is 1.09. The highest BCUT2D eigenvalue weighted by molar-refractivity contribution is 5.90. The second-order valence-corrected chi connectivity index (χ2v) is 6.58. The SMILES string of the molecule is COc1ccc(NC(=O)Cn2nc(C)cc(Cc3cccc(OC)c3)c2=O)cc1. The molecule has 7 nitrogen and oxygen atoms in total. The predicted molar refractivity (Wildman–Crippen MR) is 111 cm³/mol. The largest absolute Gasteiger partial charge is 0.497 e. The number of aromatic nitrogens is 2. The van der Waals surface area contributed by atoms with Crippen molar-refractivity contribution in [1.29, 1.82) is 0 Å². The van der Waals surface area contributed by atoms with Crippen molar-refractivity contribution >= 4 is 11.6 Å². The van der Waals surface area contributed by atoms with Gasteiger partial charge in [-0.05, 0) is 55.0 Å². The molecule has 0 unspecified atom stereocenters. The summed E-state index contributed by atoms with van der Waals surface area (Å²) in [6.45, 7) is 1.63. The van der Waals surface area contributed by atoms with Crippen LogP contribution in [-0.2, 0) is 17.8 Å². The Hall–Kier alpha value is -3.61. The number of benzene rings is 2. The first-order valence-corrected chi connectivity index (χ1v) is 9.13. The monoisotopic (exact) mass is 393 g/mol. The van der Waals surface area contributed by atoms with Crippen LogP contribution in [0.2, 0.25) is 0 Å². The highest BCUT2D eigenvalue weighted by Crippen LogP contribution is 2.16. The molecule has 0 fully saturated rings. The third-order valence-corrected chi connectivity index (χ3v) is 4.37. The molecule has 1 amide bonds. The van der Waals surface area contributed by atoms with Gasteiger partial charge in [0.25, 0.3) is 5.56 Å². The molecule has 1 heterocycles. The maximum absolute atomic E-state index is 12.8. The molecule has 1 aromatic heterocycles. The van der Waals surface area contributed by atoms with Gasteiger partial charge in [0.1, 0.15) is 18.0 Å². The van der Waals surface area contributed by atoms with Crippen LogP contribution in [0, 0.1) is 6.92 Å². The first-order chi connectivity index (χ1) is 14.0. The summed E-state index contributed by atoms with van der Waals surface area (Å²) < 4.78 is 11.5. The summed E-state index contributed by atoms with van der Waals surface area (Å²) in [5.41, 5.74) is 2.51. The van der Waals surface area contributed by atoms with Crippen LogP contribution in [0.15, 0.2) is 59.4 Å². The Morgan fingerprint density at radius 3 is 2.45 bits per heavy atom. The highest BCUT2D eigenvalue weighted by atomic mass is 16.5. The van der Waals surface area contributed by atoms with Gasteiger partial charge in [0.15, 0.2) is 0 Å². The fourth-order valence-corrected chi connectivity index (χ4v) is 2.99. The molecule has 3 rings (SSSR count). The van der Waals surface area contributed by atoms with Crippen LogP contribution in [0.4, 0.5) is 5.69 Å². The minimum Gasteiger partial charge on any atom is -0.497 e. The summed E-state index contributed by atoms with van der Waals surface area (Å²) in [7, 11) is 3.18. The second kappa shape index (κ2) is 9.05. The number of hydrogen-bond acceptors (Lipinski definition) is 5. The topological polar surface area (TPSA) is 82.4 Å².